The molecule has 0 aromatic carbocycles. The Labute approximate surface area is 97.4 Å². The molecule has 13 heavy (non-hydrogen) atoms. The fourth-order valence-corrected chi connectivity index (χ4v) is 3.65. The fourth-order valence-electron chi connectivity index (χ4n) is 1.75. The van der Waals surface area contributed by atoms with Crippen molar-refractivity contribution in [3.8, 4) is 0 Å². The Morgan fingerprint density at radius 2 is 1.54 bits per heavy atom. The third-order valence-corrected chi connectivity index (χ3v) is 4.62. The van der Waals surface area contributed by atoms with E-state index in [2.05, 4.69) is 52.6 Å². The lowest BCUT2D eigenvalue weighted by atomic mass is 9.72. The van der Waals surface area contributed by atoms with E-state index in [-0.39, 0.29) is 9.65 Å². The molecule has 0 aromatic heterocycles. The molecule has 1 rings (SSSR count). The number of hydrogen-bond donors (Lipinski definition) is 1. The highest BCUT2D eigenvalue weighted by Gasteiger charge is 2.36. The summed E-state index contributed by atoms with van der Waals surface area (Å²) in [6.45, 7) is 6.85. The average Bonchev–Trinajstić information content (AvgIpc) is 1.97. The summed E-state index contributed by atoms with van der Waals surface area (Å²) >= 11 is 7.14. The molecule has 2 unspecified atom stereocenters. The lowest BCUT2D eigenvalue weighted by molar-refractivity contribution is 0.213. The van der Waals surface area contributed by atoms with Crippen LogP contribution in [-0.2, 0) is 0 Å². The Bertz CT molecular complexity index is 193. The van der Waals surface area contributed by atoms with E-state index in [1.807, 2.05) is 0 Å². The van der Waals surface area contributed by atoms with Gasteiger partial charge in [-0.15, -0.1) is 0 Å². The highest BCUT2D eigenvalue weighted by molar-refractivity contribution is 9.10. The standard InChI is InChI=1S/C10H17Br2N/c1-10(2,3)6-4-7(11)9(13)8(12)5-6/h6-8,13H,4-5H2,1-3H3/t6?,7-,8?/m0/s1. The van der Waals surface area contributed by atoms with Crippen LogP contribution < -0.4 is 0 Å². The average molecular weight is 311 g/mol. The zero-order valence-corrected chi connectivity index (χ0v) is 11.6. The van der Waals surface area contributed by atoms with E-state index in [1.165, 1.54) is 0 Å². The molecule has 1 aliphatic carbocycles. The molecule has 1 fully saturated rings. The fraction of sp³-hybridized carbons (Fsp3) is 0.900. The second-order valence-electron chi connectivity index (χ2n) is 4.92. The van der Waals surface area contributed by atoms with Gasteiger partial charge in [-0.3, -0.25) is 0 Å². The number of halogens is 2. The van der Waals surface area contributed by atoms with Crippen molar-refractivity contribution in [2.24, 2.45) is 11.3 Å². The molecule has 0 radical (unpaired) electrons. The van der Waals surface area contributed by atoms with Crippen LogP contribution in [0.25, 0.3) is 0 Å². The summed E-state index contributed by atoms with van der Waals surface area (Å²) in [5.74, 6) is 0.704. The van der Waals surface area contributed by atoms with Crippen LogP contribution >= 0.6 is 31.9 Å². The molecule has 0 amide bonds. The van der Waals surface area contributed by atoms with Crippen molar-refractivity contribution in [1.29, 1.82) is 5.41 Å². The number of alkyl halides is 2. The first-order valence-electron chi connectivity index (χ1n) is 4.69. The van der Waals surface area contributed by atoms with Crippen molar-refractivity contribution < 1.29 is 0 Å². The van der Waals surface area contributed by atoms with Gasteiger partial charge in [0.15, 0.2) is 0 Å². The van der Waals surface area contributed by atoms with Crippen molar-refractivity contribution in [1.82, 2.24) is 0 Å². The third kappa shape index (κ3) is 2.79. The van der Waals surface area contributed by atoms with Gasteiger partial charge in [0.25, 0.3) is 0 Å². The first kappa shape index (κ1) is 11.7. The normalized spacial score (nSPS) is 36.4. The molecule has 0 bridgehead atoms. The molecule has 1 saturated carbocycles. The Hall–Kier alpha value is 0.630. The van der Waals surface area contributed by atoms with Crippen LogP contribution in [0.4, 0.5) is 0 Å². The lowest BCUT2D eigenvalue weighted by Crippen LogP contribution is -2.38. The van der Waals surface area contributed by atoms with Gasteiger partial charge >= 0.3 is 0 Å². The monoisotopic (exact) mass is 309 g/mol. The topological polar surface area (TPSA) is 23.9 Å². The highest BCUT2D eigenvalue weighted by atomic mass is 79.9. The summed E-state index contributed by atoms with van der Waals surface area (Å²) in [5, 5.41) is 7.80. The maximum absolute atomic E-state index is 7.80. The van der Waals surface area contributed by atoms with Crippen LogP contribution in [0.2, 0.25) is 0 Å². The van der Waals surface area contributed by atoms with Crippen molar-refractivity contribution in [2.45, 2.75) is 43.3 Å². The molecule has 0 aromatic rings. The third-order valence-electron chi connectivity index (χ3n) is 2.88. The number of rotatable bonds is 0. The first-order chi connectivity index (χ1) is 5.82. The van der Waals surface area contributed by atoms with Crippen LogP contribution in [0.5, 0.6) is 0 Å². The van der Waals surface area contributed by atoms with Gasteiger partial charge < -0.3 is 5.41 Å². The summed E-state index contributed by atoms with van der Waals surface area (Å²) < 4.78 is 0. The molecular weight excluding hydrogens is 294 g/mol. The van der Waals surface area contributed by atoms with Crippen LogP contribution in [0.1, 0.15) is 33.6 Å². The van der Waals surface area contributed by atoms with Crippen molar-refractivity contribution in [3.05, 3.63) is 0 Å². The summed E-state index contributed by atoms with van der Waals surface area (Å²) in [5.41, 5.74) is 1.17. The zero-order chi connectivity index (χ0) is 10.2. The van der Waals surface area contributed by atoms with Gasteiger partial charge in [0.2, 0.25) is 0 Å². The van der Waals surface area contributed by atoms with Crippen molar-refractivity contribution in [2.75, 3.05) is 0 Å². The molecule has 0 aliphatic heterocycles. The van der Waals surface area contributed by atoms with E-state index in [4.69, 9.17) is 5.41 Å². The predicted octanol–water partition coefficient (Wildman–Crippen LogP) is 3.99. The smallest absolute Gasteiger partial charge is 0.0536 e. The Balaban J connectivity index is 2.69. The van der Waals surface area contributed by atoms with E-state index in [0.29, 0.717) is 11.3 Å². The van der Waals surface area contributed by atoms with Crippen LogP contribution in [0.15, 0.2) is 0 Å². The minimum absolute atomic E-state index is 0.273. The highest BCUT2D eigenvalue weighted by Crippen LogP contribution is 2.40. The molecule has 1 nitrogen and oxygen atoms in total. The number of hydrogen-bond acceptors (Lipinski definition) is 1. The molecule has 76 valence electrons. The first-order valence-corrected chi connectivity index (χ1v) is 6.52. The largest absolute Gasteiger partial charge is 0.307 e. The van der Waals surface area contributed by atoms with Crippen LogP contribution in [0, 0.1) is 16.7 Å². The van der Waals surface area contributed by atoms with E-state index in [0.717, 1.165) is 18.6 Å². The minimum atomic E-state index is 0.273. The second kappa shape index (κ2) is 4.01. The maximum atomic E-state index is 7.80. The Morgan fingerprint density at radius 3 is 1.85 bits per heavy atom. The van der Waals surface area contributed by atoms with Crippen LogP contribution in [0.3, 0.4) is 0 Å². The number of nitrogens with one attached hydrogen (secondary N) is 1. The van der Waals surface area contributed by atoms with E-state index in [9.17, 15) is 0 Å². The Morgan fingerprint density at radius 1 is 1.15 bits per heavy atom. The van der Waals surface area contributed by atoms with Gasteiger partial charge in [-0.25, -0.2) is 0 Å². The molecular formula is C10H17Br2N. The predicted molar refractivity (Wildman–Crippen MR) is 65.3 cm³/mol. The molecule has 1 N–H and O–H groups in total. The van der Waals surface area contributed by atoms with E-state index in [1.54, 1.807) is 0 Å². The van der Waals surface area contributed by atoms with E-state index >= 15 is 0 Å². The summed E-state index contributed by atoms with van der Waals surface area (Å²) in [6.07, 6.45) is 2.20. The molecule has 3 heteroatoms. The van der Waals surface area contributed by atoms with Gasteiger partial charge in [-0.1, -0.05) is 52.6 Å². The van der Waals surface area contributed by atoms with Gasteiger partial charge in [0, 0.05) is 5.71 Å². The summed E-state index contributed by atoms with van der Waals surface area (Å²) in [7, 11) is 0. The molecule has 1 aliphatic rings. The van der Waals surface area contributed by atoms with Crippen molar-refractivity contribution >= 4 is 37.6 Å². The second-order valence-corrected chi connectivity index (χ2v) is 7.14. The molecule has 0 saturated heterocycles. The van der Waals surface area contributed by atoms with Gasteiger partial charge in [-0.2, -0.15) is 0 Å². The van der Waals surface area contributed by atoms with Gasteiger partial charge in [-0.05, 0) is 24.2 Å². The molecule has 3 atom stereocenters. The molecule has 0 heterocycles. The zero-order valence-electron chi connectivity index (χ0n) is 8.40. The quantitative estimate of drug-likeness (QED) is 0.654. The minimum Gasteiger partial charge on any atom is -0.307 e. The van der Waals surface area contributed by atoms with E-state index < -0.39 is 0 Å². The molecule has 0 spiro atoms. The summed E-state index contributed by atoms with van der Waals surface area (Å²) in [6, 6.07) is 0. The lowest BCUT2D eigenvalue weighted by Gasteiger charge is -2.38. The van der Waals surface area contributed by atoms with Crippen molar-refractivity contribution in [3.63, 3.8) is 0 Å². The SMILES string of the molecule is CC(C)(C)C1CC(Br)C(=N)[C@@H](Br)C1. The Kier molecular flexibility index (Phi) is 3.61. The van der Waals surface area contributed by atoms with Gasteiger partial charge in [0.05, 0.1) is 9.65 Å². The van der Waals surface area contributed by atoms with Crippen LogP contribution in [-0.4, -0.2) is 15.4 Å². The maximum Gasteiger partial charge on any atom is 0.0536 e. The van der Waals surface area contributed by atoms with Gasteiger partial charge in [0.1, 0.15) is 0 Å². The summed E-state index contributed by atoms with van der Waals surface area (Å²) in [4.78, 5) is 0.546.